The van der Waals surface area contributed by atoms with Crippen LogP contribution in [0.4, 0.5) is 4.39 Å². The van der Waals surface area contributed by atoms with Gasteiger partial charge in [0.05, 0.1) is 18.7 Å². The van der Waals surface area contributed by atoms with Crippen molar-refractivity contribution in [2.75, 3.05) is 20.2 Å². The van der Waals surface area contributed by atoms with Crippen molar-refractivity contribution in [3.63, 3.8) is 0 Å². The van der Waals surface area contributed by atoms with E-state index in [9.17, 15) is 14.3 Å². The van der Waals surface area contributed by atoms with E-state index in [2.05, 4.69) is 9.88 Å². The molecule has 3 aliphatic heterocycles. The third kappa shape index (κ3) is 3.46. The Morgan fingerprint density at radius 2 is 2.21 bits per heavy atom. The second kappa shape index (κ2) is 7.54. The first-order chi connectivity index (χ1) is 13.8. The maximum atomic E-state index is 14.2. The van der Waals surface area contributed by atoms with Gasteiger partial charge in [-0.2, -0.15) is 0 Å². The number of alkyl halides is 1. The van der Waals surface area contributed by atoms with Crippen LogP contribution >= 0.6 is 0 Å². The minimum absolute atomic E-state index is 0.131. The van der Waals surface area contributed by atoms with Gasteiger partial charge in [-0.05, 0) is 56.5 Å². The fraction of sp³-hybridized carbons (Fsp3) is 0.545. The van der Waals surface area contributed by atoms with Crippen molar-refractivity contribution in [3.05, 3.63) is 36.0 Å². The lowest BCUT2D eigenvalue weighted by atomic mass is 9.69. The number of rotatable bonds is 5. The lowest BCUT2D eigenvalue weighted by Crippen LogP contribution is -2.67. The van der Waals surface area contributed by atoms with E-state index in [1.165, 1.54) is 13.8 Å². The predicted molar refractivity (Wildman–Crippen MR) is 106 cm³/mol. The van der Waals surface area contributed by atoms with Gasteiger partial charge in [0.1, 0.15) is 23.6 Å². The van der Waals surface area contributed by atoms with Crippen LogP contribution in [0.1, 0.15) is 38.4 Å². The molecule has 0 aliphatic carbocycles. The third-order valence-corrected chi connectivity index (χ3v) is 6.54. The van der Waals surface area contributed by atoms with Crippen LogP contribution in [-0.4, -0.2) is 59.0 Å². The van der Waals surface area contributed by atoms with Gasteiger partial charge in [0.15, 0.2) is 0 Å². The second-order valence-corrected chi connectivity index (χ2v) is 8.18. The molecule has 5 rings (SSSR count). The third-order valence-electron chi connectivity index (χ3n) is 6.54. The maximum absolute atomic E-state index is 14.2. The van der Waals surface area contributed by atoms with Crippen LogP contribution in [0.25, 0.3) is 10.9 Å². The smallest absolute Gasteiger partial charge is 0.303 e. The van der Waals surface area contributed by atoms with Gasteiger partial charge in [-0.15, -0.1) is 0 Å². The molecule has 7 heteroatoms. The van der Waals surface area contributed by atoms with Crippen molar-refractivity contribution in [2.24, 2.45) is 5.92 Å². The summed E-state index contributed by atoms with van der Waals surface area (Å²) in [6, 6.07) is 7.34. The van der Waals surface area contributed by atoms with Gasteiger partial charge in [0, 0.05) is 30.6 Å². The van der Waals surface area contributed by atoms with Crippen molar-refractivity contribution >= 4 is 16.9 Å². The molecule has 3 fully saturated rings. The van der Waals surface area contributed by atoms with E-state index in [-0.39, 0.29) is 24.5 Å². The second-order valence-electron chi connectivity index (χ2n) is 8.18. The molecular formula is C22H27FN2O4. The van der Waals surface area contributed by atoms with Crippen LogP contribution in [0.15, 0.2) is 30.5 Å². The summed E-state index contributed by atoms with van der Waals surface area (Å²) in [5.41, 5.74) is 0.280. The van der Waals surface area contributed by atoms with Crippen LogP contribution in [-0.2, 0) is 9.53 Å². The Morgan fingerprint density at radius 3 is 2.83 bits per heavy atom. The first-order valence-electron chi connectivity index (χ1n) is 10.0. The van der Waals surface area contributed by atoms with Gasteiger partial charge >= 0.3 is 5.97 Å². The molecule has 3 saturated heterocycles. The van der Waals surface area contributed by atoms with E-state index >= 15 is 0 Å². The van der Waals surface area contributed by atoms with E-state index < -0.39 is 17.9 Å². The monoisotopic (exact) mass is 402 g/mol. The molecule has 1 N–H and O–H groups in total. The molecule has 4 heterocycles. The first-order valence-corrected chi connectivity index (χ1v) is 10.0. The number of ether oxygens (including phenoxy) is 2. The fourth-order valence-electron chi connectivity index (χ4n) is 4.97. The lowest BCUT2D eigenvalue weighted by Gasteiger charge is -2.56. The van der Waals surface area contributed by atoms with E-state index in [1.807, 2.05) is 24.3 Å². The topological polar surface area (TPSA) is 71.9 Å². The number of fused-ring (bicyclic) bond motifs is 4. The van der Waals surface area contributed by atoms with E-state index in [0.717, 1.165) is 29.4 Å². The van der Waals surface area contributed by atoms with Crippen molar-refractivity contribution < 1.29 is 23.8 Å². The van der Waals surface area contributed by atoms with Crippen LogP contribution in [0.2, 0.25) is 0 Å². The molecule has 1 aromatic carbocycles. The fourth-order valence-corrected chi connectivity index (χ4v) is 4.97. The average Bonchev–Trinajstić information content (AvgIpc) is 2.71. The summed E-state index contributed by atoms with van der Waals surface area (Å²) in [7, 11) is 1.60. The van der Waals surface area contributed by atoms with Crippen molar-refractivity contribution in [1.82, 2.24) is 9.88 Å². The van der Waals surface area contributed by atoms with Crippen LogP contribution in [0, 0.1) is 5.92 Å². The zero-order chi connectivity index (χ0) is 20.8. The molecule has 6 atom stereocenters. The Bertz CT molecular complexity index is 921. The Labute approximate surface area is 169 Å². The Hall–Kier alpha value is -2.25. The highest BCUT2D eigenvalue weighted by Crippen LogP contribution is 2.46. The normalized spacial score (nSPS) is 30.7. The number of aromatic nitrogens is 1. The lowest BCUT2D eigenvalue weighted by molar-refractivity contribution is -0.187. The van der Waals surface area contributed by atoms with Gasteiger partial charge in [-0.1, -0.05) is 0 Å². The maximum Gasteiger partial charge on any atom is 0.303 e. The molecule has 0 saturated carbocycles. The molecule has 2 bridgehead atoms. The van der Waals surface area contributed by atoms with Crippen LogP contribution < -0.4 is 4.74 Å². The van der Waals surface area contributed by atoms with E-state index in [1.54, 1.807) is 13.3 Å². The minimum Gasteiger partial charge on any atom is -0.497 e. The van der Waals surface area contributed by atoms with E-state index in [0.29, 0.717) is 12.2 Å². The van der Waals surface area contributed by atoms with E-state index in [4.69, 9.17) is 9.47 Å². The van der Waals surface area contributed by atoms with Crippen molar-refractivity contribution in [2.45, 2.75) is 50.6 Å². The molecule has 0 radical (unpaired) electrons. The molecular weight excluding hydrogens is 375 g/mol. The van der Waals surface area contributed by atoms with Gasteiger partial charge < -0.3 is 14.6 Å². The Morgan fingerprint density at radius 1 is 1.41 bits per heavy atom. The number of carbonyl (C=O) groups is 1. The number of hydrogen-bond acceptors (Lipinski definition) is 6. The highest BCUT2D eigenvalue weighted by Gasteiger charge is 2.54. The SMILES string of the molecule is COc1ccc2nccc([C@@H](OC(C)=O)[C@@H]3C[C@@H]4CCN3C[C@]4(O)C(C)F)c2c1. The van der Waals surface area contributed by atoms with Crippen LogP contribution in [0.3, 0.4) is 0 Å². The summed E-state index contributed by atoms with van der Waals surface area (Å²) in [5, 5.41) is 11.7. The Balaban J connectivity index is 1.76. The molecule has 2 unspecified atom stereocenters. The quantitative estimate of drug-likeness (QED) is 0.775. The van der Waals surface area contributed by atoms with Crippen molar-refractivity contribution in [1.29, 1.82) is 0 Å². The van der Waals surface area contributed by atoms with Gasteiger partial charge in [-0.25, -0.2) is 4.39 Å². The highest BCUT2D eigenvalue weighted by atomic mass is 19.1. The number of benzene rings is 1. The number of nitrogens with zero attached hydrogens (tertiary/aromatic N) is 2. The molecule has 0 spiro atoms. The standard InChI is InChI=1S/C22H27FN2O4/c1-13(23)22(27)12-25-9-7-15(22)10-20(25)21(29-14(2)26)17-6-8-24-19-5-4-16(28-3)11-18(17)19/h4-6,8,11,13,15,20-21,27H,7,9-10,12H2,1-3H3/t13?,15-,20-,21+,22-/m0/s1. The molecule has 156 valence electrons. The van der Waals surface area contributed by atoms with Gasteiger partial charge in [-0.3, -0.25) is 14.7 Å². The first kappa shape index (κ1) is 20.0. The summed E-state index contributed by atoms with van der Waals surface area (Å²) < 4.78 is 25.4. The zero-order valence-electron chi connectivity index (χ0n) is 17.0. The zero-order valence-corrected chi connectivity index (χ0v) is 17.0. The average molecular weight is 402 g/mol. The molecule has 1 aromatic heterocycles. The molecule has 3 aliphatic rings. The summed E-state index contributed by atoms with van der Waals surface area (Å²) in [6.45, 7) is 3.80. The van der Waals surface area contributed by atoms with Crippen LogP contribution in [0.5, 0.6) is 5.75 Å². The highest BCUT2D eigenvalue weighted by molar-refractivity contribution is 5.84. The summed E-state index contributed by atoms with van der Waals surface area (Å²) in [4.78, 5) is 18.5. The van der Waals surface area contributed by atoms with Gasteiger partial charge in [0.2, 0.25) is 0 Å². The summed E-state index contributed by atoms with van der Waals surface area (Å²) in [5.74, 6) is 0.150. The number of hydrogen-bond donors (Lipinski definition) is 1. The molecule has 29 heavy (non-hydrogen) atoms. The molecule has 2 aromatic rings. The number of aliphatic hydroxyl groups is 1. The number of pyridine rings is 1. The summed E-state index contributed by atoms with van der Waals surface area (Å²) in [6.07, 6.45) is 1.16. The Kier molecular flexibility index (Phi) is 5.21. The number of piperidine rings is 3. The largest absolute Gasteiger partial charge is 0.497 e. The van der Waals surface area contributed by atoms with Gasteiger partial charge in [0.25, 0.3) is 0 Å². The number of methoxy groups -OCH3 is 1. The summed E-state index contributed by atoms with van der Waals surface area (Å²) >= 11 is 0. The molecule has 0 amide bonds. The number of halogens is 1. The number of esters is 1. The van der Waals surface area contributed by atoms with Crippen molar-refractivity contribution in [3.8, 4) is 5.75 Å². The molecule has 6 nitrogen and oxygen atoms in total. The number of carbonyl (C=O) groups excluding carboxylic acids is 1. The predicted octanol–water partition coefficient (Wildman–Crippen LogP) is 3.03. The minimum atomic E-state index is -1.35.